The number of hydrogen-bond acceptors (Lipinski definition) is 3. The minimum atomic E-state index is 0.298. The van der Waals surface area contributed by atoms with Gasteiger partial charge in [0.05, 0.1) is 12.7 Å². The fourth-order valence-electron chi connectivity index (χ4n) is 2.33. The Morgan fingerprint density at radius 1 is 1.20 bits per heavy atom. The lowest BCUT2D eigenvalue weighted by atomic mass is 9.93. The number of rotatable bonds is 5. The van der Waals surface area contributed by atoms with Crippen LogP contribution < -0.4 is 11.3 Å². The summed E-state index contributed by atoms with van der Waals surface area (Å²) in [6, 6.07) is 0.338. The van der Waals surface area contributed by atoms with Gasteiger partial charge >= 0.3 is 0 Å². The number of nitrogens with two attached hydrogens (primary N) is 1. The Labute approximate surface area is 93.7 Å². The molecular formula is C12H26N2O. The Morgan fingerprint density at radius 3 is 2.27 bits per heavy atom. The molecule has 1 atom stereocenters. The van der Waals surface area contributed by atoms with Crippen LogP contribution in [0.15, 0.2) is 0 Å². The largest absolute Gasteiger partial charge is 0.377 e. The third-order valence-corrected chi connectivity index (χ3v) is 3.29. The van der Waals surface area contributed by atoms with Crippen molar-refractivity contribution in [2.45, 2.75) is 64.5 Å². The molecule has 3 nitrogen and oxygen atoms in total. The van der Waals surface area contributed by atoms with E-state index in [9.17, 15) is 0 Å². The van der Waals surface area contributed by atoms with Crippen molar-refractivity contribution in [1.82, 2.24) is 5.43 Å². The van der Waals surface area contributed by atoms with Crippen molar-refractivity contribution in [3.63, 3.8) is 0 Å². The van der Waals surface area contributed by atoms with Gasteiger partial charge in [0.15, 0.2) is 0 Å². The molecule has 0 bridgehead atoms. The third-order valence-electron chi connectivity index (χ3n) is 3.29. The van der Waals surface area contributed by atoms with E-state index in [0.29, 0.717) is 18.1 Å². The van der Waals surface area contributed by atoms with Crippen molar-refractivity contribution in [3.05, 3.63) is 0 Å². The van der Waals surface area contributed by atoms with Crippen LogP contribution in [0, 0.1) is 5.92 Å². The van der Waals surface area contributed by atoms with Crippen molar-refractivity contribution < 1.29 is 4.74 Å². The molecule has 90 valence electrons. The fourth-order valence-corrected chi connectivity index (χ4v) is 2.33. The molecule has 0 radical (unpaired) electrons. The van der Waals surface area contributed by atoms with E-state index in [-0.39, 0.29) is 0 Å². The van der Waals surface area contributed by atoms with Crippen LogP contribution in [0.3, 0.4) is 0 Å². The highest BCUT2D eigenvalue weighted by atomic mass is 16.5. The van der Waals surface area contributed by atoms with Crippen LogP contribution in [0.1, 0.15) is 52.4 Å². The molecule has 1 aliphatic rings. The SMILES string of the molecule is CC(C)OCC(NN)C1CCCCCC1. The van der Waals surface area contributed by atoms with Crippen LogP contribution in [0.4, 0.5) is 0 Å². The van der Waals surface area contributed by atoms with Gasteiger partial charge in [0.1, 0.15) is 0 Å². The van der Waals surface area contributed by atoms with Gasteiger partial charge in [-0.3, -0.25) is 11.3 Å². The van der Waals surface area contributed by atoms with Crippen LogP contribution in [-0.2, 0) is 4.74 Å². The summed E-state index contributed by atoms with van der Waals surface area (Å²) in [5, 5.41) is 0. The van der Waals surface area contributed by atoms with Gasteiger partial charge in [-0.05, 0) is 32.6 Å². The zero-order chi connectivity index (χ0) is 11.1. The molecule has 0 spiro atoms. The van der Waals surface area contributed by atoms with Crippen LogP contribution >= 0.6 is 0 Å². The van der Waals surface area contributed by atoms with Gasteiger partial charge in [0.2, 0.25) is 0 Å². The van der Waals surface area contributed by atoms with E-state index in [1.807, 2.05) is 0 Å². The summed E-state index contributed by atoms with van der Waals surface area (Å²) in [5.41, 5.74) is 2.93. The summed E-state index contributed by atoms with van der Waals surface area (Å²) < 4.78 is 5.65. The van der Waals surface area contributed by atoms with Crippen LogP contribution in [0.2, 0.25) is 0 Å². The number of hydrazine groups is 1. The van der Waals surface area contributed by atoms with Gasteiger partial charge in [-0.2, -0.15) is 0 Å². The molecule has 0 saturated heterocycles. The van der Waals surface area contributed by atoms with E-state index >= 15 is 0 Å². The lowest BCUT2D eigenvalue weighted by Gasteiger charge is -2.26. The summed E-state index contributed by atoms with van der Waals surface area (Å²) in [7, 11) is 0. The van der Waals surface area contributed by atoms with Crippen molar-refractivity contribution in [1.29, 1.82) is 0 Å². The fraction of sp³-hybridized carbons (Fsp3) is 1.00. The summed E-state index contributed by atoms with van der Waals surface area (Å²) in [6.45, 7) is 4.89. The lowest BCUT2D eigenvalue weighted by molar-refractivity contribution is 0.0460. The maximum atomic E-state index is 5.65. The van der Waals surface area contributed by atoms with E-state index in [0.717, 1.165) is 6.61 Å². The van der Waals surface area contributed by atoms with E-state index in [4.69, 9.17) is 10.6 Å². The van der Waals surface area contributed by atoms with Gasteiger partial charge in [0, 0.05) is 6.04 Å². The van der Waals surface area contributed by atoms with Gasteiger partial charge in [0.25, 0.3) is 0 Å². The summed E-state index contributed by atoms with van der Waals surface area (Å²) in [4.78, 5) is 0. The summed E-state index contributed by atoms with van der Waals surface area (Å²) >= 11 is 0. The average Bonchev–Trinajstić information content (AvgIpc) is 2.47. The molecule has 1 aliphatic carbocycles. The van der Waals surface area contributed by atoms with Crippen LogP contribution in [0.5, 0.6) is 0 Å². The van der Waals surface area contributed by atoms with Crippen molar-refractivity contribution in [2.24, 2.45) is 11.8 Å². The molecule has 1 fully saturated rings. The minimum Gasteiger partial charge on any atom is -0.377 e. The Hall–Kier alpha value is -0.120. The Morgan fingerprint density at radius 2 is 1.80 bits per heavy atom. The first-order valence-corrected chi connectivity index (χ1v) is 6.31. The molecule has 0 aromatic carbocycles. The van der Waals surface area contributed by atoms with E-state index < -0.39 is 0 Å². The number of ether oxygens (including phenoxy) is 1. The summed E-state index contributed by atoms with van der Waals surface area (Å²) in [6.07, 6.45) is 8.38. The molecule has 0 aromatic rings. The second kappa shape index (κ2) is 7.20. The van der Waals surface area contributed by atoms with Gasteiger partial charge < -0.3 is 4.74 Å². The zero-order valence-corrected chi connectivity index (χ0v) is 10.2. The third kappa shape index (κ3) is 4.96. The Kier molecular flexibility index (Phi) is 6.22. The zero-order valence-electron chi connectivity index (χ0n) is 10.2. The molecule has 0 aromatic heterocycles. The normalized spacial score (nSPS) is 21.6. The van der Waals surface area contributed by atoms with Gasteiger partial charge in [-0.25, -0.2) is 0 Å². The highest BCUT2D eigenvalue weighted by molar-refractivity contribution is 4.76. The highest BCUT2D eigenvalue weighted by Gasteiger charge is 2.22. The highest BCUT2D eigenvalue weighted by Crippen LogP contribution is 2.25. The van der Waals surface area contributed by atoms with E-state index in [1.54, 1.807) is 0 Å². The molecule has 1 unspecified atom stereocenters. The van der Waals surface area contributed by atoms with Crippen LogP contribution in [0.25, 0.3) is 0 Å². The second-order valence-corrected chi connectivity index (χ2v) is 4.91. The smallest absolute Gasteiger partial charge is 0.0639 e. The average molecular weight is 214 g/mol. The van der Waals surface area contributed by atoms with Gasteiger partial charge in [-0.1, -0.05) is 25.7 Å². The first-order chi connectivity index (χ1) is 7.24. The molecular weight excluding hydrogens is 188 g/mol. The predicted molar refractivity (Wildman–Crippen MR) is 63.4 cm³/mol. The summed E-state index contributed by atoms with van der Waals surface area (Å²) in [5.74, 6) is 6.32. The topological polar surface area (TPSA) is 47.3 Å². The van der Waals surface area contributed by atoms with Crippen LogP contribution in [-0.4, -0.2) is 18.8 Å². The predicted octanol–water partition coefficient (Wildman–Crippen LogP) is 2.21. The van der Waals surface area contributed by atoms with Gasteiger partial charge in [-0.15, -0.1) is 0 Å². The molecule has 3 heteroatoms. The molecule has 1 rings (SSSR count). The molecule has 3 N–H and O–H groups in total. The monoisotopic (exact) mass is 214 g/mol. The first-order valence-electron chi connectivity index (χ1n) is 6.31. The Balaban J connectivity index is 2.34. The van der Waals surface area contributed by atoms with E-state index in [1.165, 1.54) is 38.5 Å². The molecule has 1 saturated carbocycles. The molecule has 0 heterocycles. The van der Waals surface area contributed by atoms with Crippen molar-refractivity contribution >= 4 is 0 Å². The van der Waals surface area contributed by atoms with Crippen molar-refractivity contribution in [3.8, 4) is 0 Å². The molecule has 15 heavy (non-hydrogen) atoms. The van der Waals surface area contributed by atoms with E-state index in [2.05, 4.69) is 19.3 Å². The number of nitrogens with one attached hydrogen (secondary N) is 1. The standard InChI is InChI=1S/C12H26N2O/c1-10(2)15-9-12(14-13)11-7-5-3-4-6-8-11/h10-12,14H,3-9,13H2,1-2H3. The lowest BCUT2D eigenvalue weighted by Crippen LogP contribution is -2.44. The molecule has 0 aliphatic heterocycles. The minimum absolute atomic E-state index is 0.298. The number of hydrogen-bond donors (Lipinski definition) is 2. The second-order valence-electron chi connectivity index (χ2n) is 4.91. The molecule has 0 amide bonds. The maximum Gasteiger partial charge on any atom is 0.0639 e. The Bertz CT molecular complexity index is 154. The quantitative estimate of drug-likeness (QED) is 0.419. The first kappa shape index (κ1) is 12.9. The maximum absolute atomic E-state index is 5.65. The van der Waals surface area contributed by atoms with Crippen molar-refractivity contribution in [2.75, 3.05) is 6.61 Å².